The van der Waals surface area contributed by atoms with E-state index in [4.69, 9.17) is 14.2 Å². The highest BCUT2D eigenvalue weighted by molar-refractivity contribution is 7.92. The molecule has 3 rings (SSSR count). The van der Waals surface area contributed by atoms with Crippen molar-refractivity contribution in [2.24, 2.45) is 0 Å². The Morgan fingerprint density at radius 3 is 2.45 bits per heavy atom. The number of carbonyl (C=O) groups excluding carboxylic acids is 2. The number of sulfonamides is 1. The summed E-state index contributed by atoms with van der Waals surface area (Å²) in [6.07, 6.45) is -1.17. The van der Waals surface area contributed by atoms with Gasteiger partial charge in [-0.25, -0.2) is 13.2 Å². The summed E-state index contributed by atoms with van der Waals surface area (Å²) in [5, 5.41) is 0. The molecule has 0 bridgehead atoms. The van der Waals surface area contributed by atoms with Crippen LogP contribution < -0.4 is 13.8 Å². The third-order valence-electron chi connectivity index (χ3n) is 4.67. The highest BCUT2D eigenvalue weighted by Gasteiger charge is 2.38. The summed E-state index contributed by atoms with van der Waals surface area (Å²) >= 11 is 0. The lowest BCUT2D eigenvalue weighted by molar-refractivity contribution is -0.151. The Hall–Kier alpha value is -3.27. The van der Waals surface area contributed by atoms with Crippen molar-refractivity contribution in [2.75, 3.05) is 31.7 Å². The van der Waals surface area contributed by atoms with Crippen LogP contribution in [0, 0.1) is 0 Å². The van der Waals surface area contributed by atoms with E-state index in [9.17, 15) is 18.0 Å². The van der Waals surface area contributed by atoms with Crippen LogP contribution in [-0.4, -0.2) is 53.8 Å². The molecule has 1 aliphatic heterocycles. The summed E-state index contributed by atoms with van der Waals surface area (Å²) in [7, 11) is -1.31. The molecule has 0 radical (unpaired) electrons. The molecule has 9 nitrogen and oxygen atoms in total. The number of carbonyl (C=O) groups is 2. The zero-order valence-corrected chi connectivity index (χ0v) is 18.2. The molecule has 0 aromatic heterocycles. The third-order valence-corrected chi connectivity index (χ3v) is 6.46. The Balaban J connectivity index is 2.06. The van der Waals surface area contributed by atoms with Crippen molar-refractivity contribution in [2.45, 2.75) is 24.3 Å². The van der Waals surface area contributed by atoms with E-state index < -0.39 is 28.1 Å². The first-order valence-electron chi connectivity index (χ1n) is 9.50. The van der Waals surface area contributed by atoms with E-state index in [1.165, 1.54) is 50.6 Å². The molecule has 31 heavy (non-hydrogen) atoms. The van der Waals surface area contributed by atoms with Crippen LogP contribution in [0.2, 0.25) is 0 Å². The van der Waals surface area contributed by atoms with Gasteiger partial charge in [0.1, 0.15) is 11.5 Å². The van der Waals surface area contributed by atoms with E-state index >= 15 is 0 Å². The molecular formula is C21H23NO8S. The van der Waals surface area contributed by atoms with Gasteiger partial charge in [-0.2, -0.15) is 0 Å². The maximum atomic E-state index is 13.5. The first-order valence-corrected chi connectivity index (χ1v) is 10.9. The van der Waals surface area contributed by atoms with Gasteiger partial charge in [0.25, 0.3) is 10.0 Å². The molecule has 166 valence electrons. The maximum Gasteiger partial charge on any atom is 0.349 e. The molecule has 0 amide bonds. The number of nitrogens with zero attached hydrogens (tertiary/aromatic N) is 1. The fraction of sp³-hybridized carbons (Fsp3) is 0.333. The molecule has 0 aliphatic carbocycles. The standard InChI is InChI=1S/C21H23NO8S/c1-4-29-21(24)19-13-22(31(25,26)16-8-6-15(27-2)7-9-16)17-11-14(12-20(23)28-3)5-10-18(17)30-19/h5-11,19H,4,12-13H2,1-3H3/t19-/m1/s1. The van der Waals surface area contributed by atoms with Crippen LogP contribution in [0.1, 0.15) is 12.5 Å². The zero-order valence-electron chi connectivity index (χ0n) is 17.4. The van der Waals surface area contributed by atoms with Crippen LogP contribution in [0.3, 0.4) is 0 Å². The number of rotatable bonds is 7. The molecule has 2 aromatic rings. The average molecular weight is 449 g/mol. The van der Waals surface area contributed by atoms with Crippen LogP contribution in [0.5, 0.6) is 11.5 Å². The Kier molecular flexibility index (Phi) is 6.69. The van der Waals surface area contributed by atoms with Crippen molar-refractivity contribution < 1.29 is 37.0 Å². The quantitative estimate of drug-likeness (QED) is 0.590. The van der Waals surface area contributed by atoms with Gasteiger partial charge < -0.3 is 18.9 Å². The topological polar surface area (TPSA) is 108 Å². The number of hydrogen-bond acceptors (Lipinski definition) is 8. The van der Waals surface area contributed by atoms with Gasteiger partial charge in [-0.3, -0.25) is 9.10 Å². The Labute approximate surface area is 180 Å². The molecule has 0 unspecified atom stereocenters. The molecule has 1 atom stereocenters. The summed E-state index contributed by atoms with van der Waals surface area (Å²) in [4.78, 5) is 24.0. The first-order chi connectivity index (χ1) is 14.8. The monoisotopic (exact) mass is 449 g/mol. The molecular weight excluding hydrogens is 426 g/mol. The number of methoxy groups -OCH3 is 2. The van der Waals surface area contributed by atoms with Crippen LogP contribution >= 0.6 is 0 Å². The van der Waals surface area contributed by atoms with E-state index in [1.807, 2.05) is 0 Å². The maximum absolute atomic E-state index is 13.5. The normalized spacial score (nSPS) is 15.5. The highest BCUT2D eigenvalue weighted by atomic mass is 32.2. The number of benzene rings is 2. The second-order valence-corrected chi connectivity index (χ2v) is 8.49. The lowest BCUT2D eigenvalue weighted by atomic mass is 10.1. The van der Waals surface area contributed by atoms with Gasteiger partial charge in [0.15, 0.2) is 0 Å². The second kappa shape index (κ2) is 9.25. The van der Waals surface area contributed by atoms with Crippen molar-refractivity contribution in [3.05, 3.63) is 48.0 Å². The number of hydrogen-bond donors (Lipinski definition) is 0. The van der Waals surface area contributed by atoms with Gasteiger partial charge in [0.05, 0.1) is 44.4 Å². The fourth-order valence-corrected chi connectivity index (χ4v) is 4.57. The van der Waals surface area contributed by atoms with Crippen molar-refractivity contribution in [3.63, 3.8) is 0 Å². The van der Waals surface area contributed by atoms with Gasteiger partial charge in [-0.05, 0) is 48.9 Å². The molecule has 0 spiro atoms. The lowest BCUT2D eigenvalue weighted by Gasteiger charge is -2.34. The summed E-state index contributed by atoms with van der Waals surface area (Å²) < 4.78 is 48.5. The Morgan fingerprint density at radius 2 is 1.84 bits per heavy atom. The van der Waals surface area contributed by atoms with E-state index in [0.717, 1.165) is 4.31 Å². The fourth-order valence-electron chi connectivity index (χ4n) is 3.11. The highest BCUT2D eigenvalue weighted by Crippen LogP contribution is 2.38. The molecule has 0 N–H and O–H groups in total. The first kappa shape index (κ1) is 22.4. The number of esters is 2. The van der Waals surface area contributed by atoms with Gasteiger partial charge in [0, 0.05) is 0 Å². The van der Waals surface area contributed by atoms with Crippen LogP contribution in [-0.2, 0) is 35.5 Å². The summed E-state index contributed by atoms with van der Waals surface area (Å²) in [6.45, 7) is 1.51. The Bertz CT molecular complexity index is 1070. The predicted molar refractivity (Wildman–Crippen MR) is 111 cm³/mol. The predicted octanol–water partition coefficient (Wildman–Crippen LogP) is 1.93. The molecule has 1 aliphatic rings. The second-order valence-electron chi connectivity index (χ2n) is 6.63. The van der Waals surface area contributed by atoms with Crippen molar-refractivity contribution in [3.8, 4) is 11.5 Å². The minimum Gasteiger partial charge on any atom is -0.497 e. The van der Waals surface area contributed by atoms with Crippen molar-refractivity contribution in [1.82, 2.24) is 0 Å². The molecule has 0 saturated carbocycles. The molecule has 2 aromatic carbocycles. The average Bonchev–Trinajstić information content (AvgIpc) is 2.78. The van der Waals surface area contributed by atoms with Crippen LogP contribution in [0.4, 0.5) is 5.69 Å². The van der Waals surface area contributed by atoms with E-state index in [2.05, 4.69) is 4.74 Å². The van der Waals surface area contributed by atoms with Crippen molar-refractivity contribution in [1.29, 1.82) is 0 Å². The van der Waals surface area contributed by atoms with Crippen molar-refractivity contribution >= 4 is 27.6 Å². The molecule has 0 fully saturated rings. The summed E-state index contributed by atoms with van der Waals surface area (Å²) in [5.41, 5.74) is 0.761. The van der Waals surface area contributed by atoms with E-state index in [0.29, 0.717) is 11.3 Å². The number of ether oxygens (including phenoxy) is 4. The number of anilines is 1. The summed E-state index contributed by atoms with van der Waals surface area (Å²) in [6, 6.07) is 10.6. The SMILES string of the molecule is CCOC(=O)[C@H]1CN(S(=O)(=O)c2ccc(OC)cc2)c2cc(CC(=O)OC)ccc2O1. The largest absolute Gasteiger partial charge is 0.497 e. The van der Waals surface area contributed by atoms with E-state index in [1.54, 1.807) is 13.0 Å². The molecule has 0 saturated heterocycles. The molecule has 1 heterocycles. The third kappa shape index (κ3) is 4.74. The van der Waals surface area contributed by atoms with E-state index in [-0.39, 0.29) is 35.9 Å². The van der Waals surface area contributed by atoms with Crippen LogP contribution in [0.25, 0.3) is 0 Å². The number of fused-ring (bicyclic) bond motifs is 1. The van der Waals surface area contributed by atoms with Gasteiger partial charge in [0.2, 0.25) is 6.10 Å². The van der Waals surface area contributed by atoms with Gasteiger partial charge in [-0.1, -0.05) is 6.07 Å². The lowest BCUT2D eigenvalue weighted by Crippen LogP contribution is -2.47. The minimum absolute atomic E-state index is 0.0159. The Morgan fingerprint density at radius 1 is 1.13 bits per heavy atom. The smallest absolute Gasteiger partial charge is 0.349 e. The van der Waals surface area contributed by atoms with Gasteiger partial charge in [-0.15, -0.1) is 0 Å². The van der Waals surface area contributed by atoms with Crippen LogP contribution in [0.15, 0.2) is 47.4 Å². The van der Waals surface area contributed by atoms with Gasteiger partial charge >= 0.3 is 11.9 Å². The molecule has 10 heteroatoms. The summed E-state index contributed by atoms with van der Waals surface area (Å²) in [5.74, 6) is -0.437. The zero-order chi connectivity index (χ0) is 22.6. The minimum atomic E-state index is -4.06.